The zero-order valence-corrected chi connectivity index (χ0v) is 27.4. The second-order valence-corrected chi connectivity index (χ2v) is 12.4. The number of aryl methyl sites for hydroxylation is 2. The van der Waals surface area contributed by atoms with Crippen LogP contribution in [0.3, 0.4) is 0 Å². The first-order chi connectivity index (χ1) is 22.5. The van der Waals surface area contributed by atoms with Crippen LogP contribution in [-0.2, 0) is 25.1 Å². The number of hydrogen-bond acceptors (Lipinski definition) is 6. The van der Waals surface area contributed by atoms with E-state index in [-0.39, 0.29) is 17.6 Å². The molecule has 5 aromatic rings. The molecule has 0 aliphatic rings. The monoisotopic (exact) mass is 634 g/mol. The van der Waals surface area contributed by atoms with E-state index in [9.17, 15) is 9.90 Å². The Labute approximate surface area is 276 Å². The Balaban J connectivity index is 1.34. The van der Waals surface area contributed by atoms with Gasteiger partial charge in [-0.25, -0.2) is 0 Å². The van der Waals surface area contributed by atoms with E-state index in [1.807, 2.05) is 18.2 Å². The van der Waals surface area contributed by atoms with Gasteiger partial charge in [-0.05, 0) is 79.1 Å². The lowest BCUT2D eigenvalue weighted by molar-refractivity contribution is 0.0950. The first kappa shape index (κ1) is 32.8. The van der Waals surface area contributed by atoms with Crippen LogP contribution in [0.1, 0.15) is 63.6 Å². The Morgan fingerprint density at radius 3 is 2.39 bits per heavy atom. The Morgan fingerprint density at radius 1 is 0.891 bits per heavy atom. The predicted molar refractivity (Wildman–Crippen MR) is 185 cm³/mol. The molecule has 0 spiro atoms. The molecule has 5 rings (SSSR count). The van der Waals surface area contributed by atoms with Gasteiger partial charge in [-0.1, -0.05) is 97.0 Å². The number of phenolic OH excluding ortho intramolecular Hbond substituents is 1. The van der Waals surface area contributed by atoms with Gasteiger partial charge in [0.15, 0.2) is 5.16 Å². The molecule has 7 nitrogen and oxygen atoms in total. The summed E-state index contributed by atoms with van der Waals surface area (Å²) in [6, 6.07) is 33.9. The summed E-state index contributed by atoms with van der Waals surface area (Å²) >= 11 is 1.74. The van der Waals surface area contributed by atoms with Gasteiger partial charge in [-0.3, -0.25) is 4.79 Å². The van der Waals surface area contributed by atoms with Gasteiger partial charge in [-0.15, -0.1) is 10.2 Å². The molecule has 0 aliphatic carbocycles. The smallest absolute Gasteiger partial charge is 0.255 e. The molecular weight excluding hydrogens is 593 g/mol. The molecule has 2 N–H and O–H groups in total. The number of carbonyl (C=O) groups excluding carboxylic acids is 1. The van der Waals surface area contributed by atoms with E-state index in [4.69, 9.17) is 14.9 Å². The molecule has 0 saturated carbocycles. The van der Waals surface area contributed by atoms with Crippen LogP contribution in [-0.4, -0.2) is 39.4 Å². The number of hydrogen-bond donors (Lipinski definition) is 2. The number of aromatic hydroxyl groups is 1. The fourth-order valence-corrected chi connectivity index (χ4v) is 6.61. The van der Waals surface area contributed by atoms with Crippen LogP contribution in [0.5, 0.6) is 11.5 Å². The standard InChI is InChI=1S/C38H42N4O3S/c1-28-12-6-7-16-32(28)27-46-38-41-40-36(42(38)25-23-29-13-4-3-5-14-29)31(26-30-19-21-33(45-2)22-20-30)15-10-11-24-39-37(44)34-17-8-9-18-35(34)43/h3-9,12-14,16-22,31,43H,10-11,15,23-27H2,1-2H3,(H,39,44). The lowest BCUT2D eigenvalue weighted by Crippen LogP contribution is -2.24. The summed E-state index contributed by atoms with van der Waals surface area (Å²) in [5.74, 6) is 2.53. The van der Waals surface area contributed by atoms with Crippen molar-refractivity contribution in [3.63, 3.8) is 0 Å². The number of para-hydroxylation sites is 1. The number of benzene rings is 4. The number of nitrogens with zero attached hydrogens (tertiary/aromatic N) is 3. The number of rotatable bonds is 16. The van der Waals surface area contributed by atoms with Crippen molar-refractivity contribution in [3.8, 4) is 11.5 Å². The van der Waals surface area contributed by atoms with E-state index < -0.39 is 0 Å². The number of ether oxygens (including phenoxy) is 1. The average molecular weight is 635 g/mol. The van der Waals surface area contributed by atoms with Crippen LogP contribution in [0.25, 0.3) is 0 Å². The normalized spacial score (nSPS) is 11.7. The van der Waals surface area contributed by atoms with Crippen LogP contribution in [0.15, 0.2) is 108 Å². The summed E-state index contributed by atoms with van der Waals surface area (Å²) in [4.78, 5) is 12.6. The van der Waals surface area contributed by atoms with E-state index in [1.165, 1.54) is 28.3 Å². The van der Waals surface area contributed by atoms with Gasteiger partial charge in [0.1, 0.15) is 17.3 Å². The minimum absolute atomic E-state index is 0.00880. The molecule has 0 fully saturated rings. The molecule has 1 unspecified atom stereocenters. The van der Waals surface area contributed by atoms with Gasteiger partial charge < -0.3 is 19.7 Å². The highest BCUT2D eigenvalue weighted by atomic mass is 32.2. The molecule has 1 aromatic heterocycles. The lowest BCUT2D eigenvalue weighted by Gasteiger charge is -2.19. The molecule has 0 saturated heterocycles. The zero-order valence-electron chi connectivity index (χ0n) is 26.6. The van der Waals surface area contributed by atoms with Gasteiger partial charge in [0.05, 0.1) is 12.7 Å². The number of unbranched alkanes of at least 4 members (excludes halogenated alkanes) is 1. The van der Waals surface area contributed by atoms with Crippen LogP contribution < -0.4 is 10.1 Å². The number of phenols is 1. The summed E-state index contributed by atoms with van der Waals surface area (Å²) in [7, 11) is 1.68. The highest BCUT2D eigenvalue weighted by molar-refractivity contribution is 7.98. The molecular formula is C38H42N4O3S. The fourth-order valence-electron chi connectivity index (χ4n) is 5.57. The zero-order chi connectivity index (χ0) is 32.1. The van der Waals surface area contributed by atoms with Crippen LogP contribution >= 0.6 is 11.8 Å². The Bertz CT molecular complexity index is 1690. The largest absolute Gasteiger partial charge is 0.507 e. The van der Waals surface area contributed by atoms with Crippen molar-refractivity contribution in [2.24, 2.45) is 0 Å². The molecule has 1 heterocycles. The quantitative estimate of drug-likeness (QED) is 0.0852. The second kappa shape index (κ2) is 16.7. The summed E-state index contributed by atoms with van der Waals surface area (Å²) < 4.78 is 7.72. The fraction of sp³-hybridized carbons (Fsp3) is 0.289. The molecule has 46 heavy (non-hydrogen) atoms. The minimum Gasteiger partial charge on any atom is -0.507 e. The predicted octanol–water partition coefficient (Wildman–Crippen LogP) is 7.76. The van der Waals surface area contributed by atoms with Crippen molar-refractivity contribution in [1.29, 1.82) is 0 Å². The number of methoxy groups -OCH3 is 1. The molecule has 8 heteroatoms. The molecule has 4 aromatic carbocycles. The van der Waals surface area contributed by atoms with Gasteiger partial charge in [0, 0.05) is 24.8 Å². The lowest BCUT2D eigenvalue weighted by atomic mass is 9.93. The first-order valence-electron chi connectivity index (χ1n) is 15.8. The third-order valence-corrected chi connectivity index (χ3v) is 9.27. The highest BCUT2D eigenvalue weighted by Crippen LogP contribution is 2.31. The van der Waals surface area contributed by atoms with Crippen molar-refractivity contribution in [3.05, 3.63) is 137 Å². The van der Waals surface area contributed by atoms with E-state index in [0.29, 0.717) is 12.1 Å². The van der Waals surface area contributed by atoms with Crippen molar-refractivity contribution in [2.75, 3.05) is 13.7 Å². The number of aromatic nitrogens is 3. The minimum atomic E-state index is -0.260. The van der Waals surface area contributed by atoms with Gasteiger partial charge in [-0.2, -0.15) is 0 Å². The van der Waals surface area contributed by atoms with Crippen molar-refractivity contribution in [1.82, 2.24) is 20.1 Å². The summed E-state index contributed by atoms with van der Waals surface area (Å²) in [6.07, 6.45) is 4.31. The first-order valence-corrected chi connectivity index (χ1v) is 16.8. The maximum atomic E-state index is 12.6. The molecule has 1 atom stereocenters. The summed E-state index contributed by atoms with van der Waals surface area (Å²) in [6.45, 7) is 3.47. The molecule has 0 bridgehead atoms. The second-order valence-electron chi connectivity index (χ2n) is 11.5. The van der Waals surface area contributed by atoms with Crippen LogP contribution in [0.2, 0.25) is 0 Å². The average Bonchev–Trinajstić information content (AvgIpc) is 3.49. The van der Waals surface area contributed by atoms with Gasteiger partial charge in [0.25, 0.3) is 5.91 Å². The van der Waals surface area contributed by atoms with Crippen molar-refractivity contribution in [2.45, 2.75) is 62.4 Å². The molecule has 238 valence electrons. The van der Waals surface area contributed by atoms with Gasteiger partial charge in [0.2, 0.25) is 0 Å². The number of amides is 1. The van der Waals surface area contributed by atoms with E-state index in [0.717, 1.165) is 61.1 Å². The molecule has 0 radical (unpaired) electrons. The Kier molecular flexibility index (Phi) is 11.9. The molecule has 1 amide bonds. The summed E-state index contributed by atoms with van der Waals surface area (Å²) in [5, 5.41) is 23.5. The van der Waals surface area contributed by atoms with E-state index >= 15 is 0 Å². The third-order valence-electron chi connectivity index (χ3n) is 8.25. The van der Waals surface area contributed by atoms with Gasteiger partial charge >= 0.3 is 0 Å². The highest BCUT2D eigenvalue weighted by Gasteiger charge is 2.23. The van der Waals surface area contributed by atoms with Crippen molar-refractivity contribution >= 4 is 17.7 Å². The summed E-state index contributed by atoms with van der Waals surface area (Å²) in [5.41, 5.74) is 5.36. The van der Waals surface area contributed by atoms with E-state index in [2.05, 4.69) is 77.5 Å². The van der Waals surface area contributed by atoms with E-state index in [1.54, 1.807) is 37.1 Å². The SMILES string of the molecule is COc1ccc(CC(CCCCNC(=O)c2ccccc2O)c2nnc(SCc3ccccc3C)n2CCc2ccccc2)cc1. The number of carbonyl (C=O) groups is 1. The van der Waals surface area contributed by atoms with Crippen LogP contribution in [0.4, 0.5) is 0 Å². The third kappa shape index (κ3) is 9.01. The number of thioether (sulfide) groups is 1. The topological polar surface area (TPSA) is 89.3 Å². The van der Waals surface area contributed by atoms with Crippen molar-refractivity contribution < 1.29 is 14.6 Å². The number of nitrogens with one attached hydrogen (secondary N) is 1. The maximum absolute atomic E-state index is 12.6. The Morgan fingerprint density at radius 2 is 1.63 bits per heavy atom. The maximum Gasteiger partial charge on any atom is 0.255 e. The molecule has 0 aliphatic heterocycles. The Hall–Kier alpha value is -4.56. The van der Waals surface area contributed by atoms with Crippen LogP contribution in [0, 0.1) is 6.92 Å².